The predicted octanol–water partition coefficient (Wildman–Crippen LogP) is 4.13. The van der Waals surface area contributed by atoms with E-state index in [2.05, 4.69) is 30.0 Å². The zero-order valence-electron chi connectivity index (χ0n) is 17.4. The van der Waals surface area contributed by atoms with Gasteiger partial charge < -0.3 is 9.64 Å². The molecule has 5 heteroatoms. The summed E-state index contributed by atoms with van der Waals surface area (Å²) in [6.45, 7) is 6.04. The molecule has 1 aromatic heterocycles. The smallest absolute Gasteiger partial charge is 0.223 e. The lowest BCUT2D eigenvalue weighted by Gasteiger charge is -2.42. The molecule has 5 nitrogen and oxygen atoms in total. The first-order valence-corrected chi connectivity index (χ1v) is 10.9. The predicted molar refractivity (Wildman–Crippen MR) is 111 cm³/mol. The van der Waals surface area contributed by atoms with E-state index in [1.165, 1.54) is 12.8 Å². The molecule has 2 heterocycles. The number of aromatic amines is 1. The van der Waals surface area contributed by atoms with Gasteiger partial charge in [0.2, 0.25) is 5.91 Å². The molecule has 1 saturated heterocycles. The van der Waals surface area contributed by atoms with Crippen LogP contribution in [-0.2, 0) is 9.53 Å². The van der Waals surface area contributed by atoms with Crippen LogP contribution in [0.1, 0.15) is 76.8 Å². The van der Waals surface area contributed by atoms with Crippen LogP contribution in [0.4, 0.5) is 0 Å². The van der Waals surface area contributed by atoms with E-state index in [4.69, 9.17) is 11.2 Å². The number of rotatable bonds is 7. The van der Waals surface area contributed by atoms with E-state index in [0.717, 1.165) is 49.8 Å². The molecule has 2 atom stereocenters. The second-order valence-corrected chi connectivity index (χ2v) is 8.73. The number of hydrogen-bond donors (Lipinski definition) is 1. The van der Waals surface area contributed by atoms with Gasteiger partial charge in [0.1, 0.15) is 0 Å². The Balaban J connectivity index is 1.65. The SMILES string of the molecule is C#CCCC(=O)N1CCCC(c2ccn[nH]2)[C@@H]1COC1CCC(C(C)C)CC1. The minimum atomic E-state index is 0.0577. The Bertz CT molecular complexity index is 641. The Morgan fingerprint density at radius 1 is 1.36 bits per heavy atom. The van der Waals surface area contributed by atoms with E-state index < -0.39 is 0 Å². The Morgan fingerprint density at radius 2 is 2.14 bits per heavy atom. The van der Waals surface area contributed by atoms with Gasteiger partial charge in [0.15, 0.2) is 0 Å². The summed E-state index contributed by atoms with van der Waals surface area (Å²) in [5.41, 5.74) is 1.10. The molecule has 1 amide bonds. The van der Waals surface area contributed by atoms with Crippen molar-refractivity contribution in [3.8, 4) is 12.3 Å². The molecule has 0 aromatic carbocycles. The lowest BCUT2D eigenvalue weighted by atomic mass is 9.80. The van der Waals surface area contributed by atoms with Crippen LogP contribution in [0, 0.1) is 24.2 Å². The highest BCUT2D eigenvalue weighted by Crippen LogP contribution is 2.35. The summed E-state index contributed by atoms with van der Waals surface area (Å²) >= 11 is 0. The van der Waals surface area contributed by atoms with Gasteiger partial charge in [-0.05, 0) is 56.4 Å². The molecule has 0 bridgehead atoms. The fraction of sp³-hybridized carbons (Fsp3) is 0.739. The summed E-state index contributed by atoms with van der Waals surface area (Å²) in [7, 11) is 0. The van der Waals surface area contributed by atoms with Gasteiger partial charge in [-0.2, -0.15) is 5.10 Å². The van der Waals surface area contributed by atoms with Crippen molar-refractivity contribution in [3.05, 3.63) is 18.0 Å². The normalized spacial score (nSPS) is 28.3. The summed E-state index contributed by atoms with van der Waals surface area (Å²) in [5, 5.41) is 7.25. The monoisotopic (exact) mass is 385 g/mol. The molecule has 1 unspecified atom stereocenters. The number of aromatic nitrogens is 2. The Kier molecular flexibility index (Phi) is 7.56. The highest BCUT2D eigenvalue weighted by molar-refractivity contribution is 5.77. The van der Waals surface area contributed by atoms with Crippen molar-refractivity contribution in [2.24, 2.45) is 11.8 Å². The van der Waals surface area contributed by atoms with Crippen molar-refractivity contribution in [1.29, 1.82) is 0 Å². The lowest BCUT2D eigenvalue weighted by Crippen LogP contribution is -2.50. The summed E-state index contributed by atoms with van der Waals surface area (Å²) in [4.78, 5) is 14.8. The van der Waals surface area contributed by atoms with Gasteiger partial charge in [-0.15, -0.1) is 12.3 Å². The van der Waals surface area contributed by atoms with Crippen molar-refractivity contribution in [2.75, 3.05) is 13.2 Å². The summed E-state index contributed by atoms with van der Waals surface area (Å²) in [6, 6.07) is 2.09. The van der Waals surface area contributed by atoms with Crippen molar-refractivity contribution < 1.29 is 9.53 Å². The third kappa shape index (κ3) is 5.17. The molecule has 0 spiro atoms. The van der Waals surface area contributed by atoms with Gasteiger partial charge in [0, 0.05) is 37.2 Å². The lowest BCUT2D eigenvalue weighted by molar-refractivity contribution is -0.138. The van der Waals surface area contributed by atoms with Crippen molar-refractivity contribution >= 4 is 5.91 Å². The van der Waals surface area contributed by atoms with Crippen LogP contribution >= 0.6 is 0 Å². The first-order chi connectivity index (χ1) is 13.6. The van der Waals surface area contributed by atoms with Gasteiger partial charge in [-0.25, -0.2) is 0 Å². The number of hydrogen-bond acceptors (Lipinski definition) is 3. The highest BCUT2D eigenvalue weighted by atomic mass is 16.5. The maximum Gasteiger partial charge on any atom is 0.223 e. The standard InChI is InChI=1S/C23H35N3O2/c1-4-5-8-23(27)26-15-6-7-20(21-13-14-24-25-21)22(26)16-28-19-11-9-18(10-12-19)17(2)3/h1,13-14,17-20,22H,5-12,15-16H2,2-3H3,(H,24,25)/t18?,19?,20?,22-/m0/s1. The molecule has 1 N–H and O–H groups in total. The maximum absolute atomic E-state index is 12.8. The van der Waals surface area contributed by atoms with Crippen LogP contribution in [0.3, 0.4) is 0 Å². The molecule has 1 aromatic rings. The molecule has 154 valence electrons. The average Bonchev–Trinajstić information content (AvgIpc) is 3.25. The minimum Gasteiger partial charge on any atom is -0.376 e. The van der Waals surface area contributed by atoms with E-state index in [1.54, 1.807) is 6.20 Å². The topological polar surface area (TPSA) is 58.2 Å². The second-order valence-electron chi connectivity index (χ2n) is 8.73. The van der Waals surface area contributed by atoms with Gasteiger partial charge in [-0.1, -0.05) is 13.8 Å². The summed E-state index contributed by atoms with van der Waals surface area (Å²) < 4.78 is 6.40. The van der Waals surface area contributed by atoms with Crippen LogP contribution in [-0.4, -0.2) is 46.3 Å². The third-order valence-corrected chi connectivity index (χ3v) is 6.67. The molecule has 1 saturated carbocycles. The molecule has 0 radical (unpaired) electrons. The van der Waals surface area contributed by atoms with Crippen LogP contribution in [0.2, 0.25) is 0 Å². The van der Waals surface area contributed by atoms with Crippen molar-refractivity contribution in [3.63, 3.8) is 0 Å². The van der Waals surface area contributed by atoms with E-state index in [1.807, 2.05) is 11.0 Å². The van der Waals surface area contributed by atoms with Gasteiger partial charge >= 0.3 is 0 Å². The number of ether oxygens (including phenoxy) is 1. The molecule has 1 aliphatic heterocycles. The van der Waals surface area contributed by atoms with Gasteiger partial charge in [0.25, 0.3) is 0 Å². The Hall–Kier alpha value is -1.80. The average molecular weight is 386 g/mol. The molecular weight excluding hydrogens is 350 g/mol. The van der Waals surface area contributed by atoms with E-state index >= 15 is 0 Å². The van der Waals surface area contributed by atoms with Crippen molar-refractivity contribution in [2.45, 2.75) is 83.3 Å². The number of piperidine rings is 1. The number of likely N-dealkylation sites (tertiary alicyclic amines) is 1. The first kappa shape index (κ1) is 20.9. The Morgan fingerprint density at radius 3 is 2.79 bits per heavy atom. The van der Waals surface area contributed by atoms with Gasteiger partial charge in [0.05, 0.1) is 18.8 Å². The Labute approximate surface area is 169 Å². The number of H-pyrrole nitrogens is 1. The molecule has 28 heavy (non-hydrogen) atoms. The zero-order valence-corrected chi connectivity index (χ0v) is 17.4. The number of terminal acetylenes is 1. The minimum absolute atomic E-state index is 0.0577. The fourth-order valence-electron chi connectivity index (χ4n) is 4.89. The second kappa shape index (κ2) is 10.1. The number of carbonyl (C=O) groups excluding carboxylic acids is 1. The molecule has 2 fully saturated rings. The largest absolute Gasteiger partial charge is 0.376 e. The van der Waals surface area contributed by atoms with E-state index in [-0.39, 0.29) is 17.9 Å². The van der Waals surface area contributed by atoms with E-state index in [0.29, 0.717) is 25.6 Å². The van der Waals surface area contributed by atoms with Crippen LogP contribution in [0.15, 0.2) is 12.3 Å². The van der Waals surface area contributed by atoms with E-state index in [9.17, 15) is 4.79 Å². The molecule has 1 aliphatic carbocycles. The van der Waals surface area contributed by atoms with Gasteiger partial charge in [-0.3, -0.25) is 9.89 Å². The number of carbonyl (C=O) groups is 1. The molecule has 3 rings (SSSR count). The van der Waals surface area contributed by atoms with Crippen LogP contribution < -0.4 is 0 Å². The number of nitrogens with one attached hydrogen (secondary N) is 1. The molecule has 2 aliphatic rings. The summed E-state index contributed by atoms with van der Waals surface area (Å²) in [6.07, 6.45) is 15.2. The molecular formula is C23H35N3O2. The zero-order chi connectivity index (χ0) is 19.9. The fourth-order valence-corrected chi connectivity index (χ4v) is 4.89. The number of nitrogens with zero attached hydrogens (tertiary/aromatic N) is 2. The quantitative estimate of drug-likeness (QED) is 0.718. The highest BCUT2D eigenvalue weighted by Gasteiger charge is 2.36. The maximum atomic E-state index is 12.8. The van der Waals surface area contributed by atoms with Crippen LogP contribution in [0.25, 0.3) is 0 Å². The first-order valence-electron chi connectivity index (χ1n) is 10.9. The number of amides is 1. The van der Waals surface area contributed by atoms with Crippen LogP contribution in [0.5, 0.6) is 0 Å². The third-order valence-electron chi connectivity index (χ3n) is 6.67. The summed E-state index contributed by atoms with van der Waals surface area (Å²) in [5.74, 6) is 4.58. The van der Waals surface area contributed by atoms with Crippen molar-refractivity contribution in [1.82, 2.24) is 15.1 Å².